The second kappa shape index (κ2) is 7.65. The van der Waals surface area contributed by atoms with Crippen LogP contribution in [0, 0.1) is 0 Å². The molecule has 0 spiro atoms. The Balaban J connectivity index is 4.00. The van der Waals surface area contributed by atoms with E-state index in [4.69, 9.17) is 10.9 Å². The third-order valence-electron chi connectivity index (χ3n) is 2.16. The Kier molecular flexibility index (Phi) is 7.37. The van der Waals surface area contributed by atoms with Crippen LogP contribution in [-0.4, -0.2) is 46.3 Å². The van der Waals surface area contributed by atoms with Crippen LogP contribution in [-0.2, 0) is 0 Å². The number of rotatable bonds is 7. The Morgan fingerprint density at radius 3 is 2.41 bits per heavy atom. The van der Waals surface area contributed by atoms with Crippen molar-refractivity contribution in [1.82, 2.24) is 4.90 Å². The normalized spacial score (nSPS) is 13.7. The van der Waals surface area contributed by atoms with E-state index in [2.05, 4.69) is 5.16 Å². The van der Waals surface area contributed by atoms with Crippen LogP contribution in [0.25, 0.3) is 0 Å². The van der Waals surface area contributed by atoms with Crippen LogP contribution in [0.15, 0.2) is 5.16 Å². The molecule has 0 aliphatic rings. The highest BCUT2D eigenvalue weighted by Crippen LogP contribution is 2.29. The van der Waals surface area contributed by atoms with Crippen LogP contribution in [0.2, 0.25) is 0 Å². The Morgan fingerprint density at radius 2 is 2.00 bits per heavy atom. The maximum Gasteiger partial charge on any atom is 0.441 e. The Labute approximate surface area is 103 Å². The van der Waals surface area contributed by atoms with E-state index < -0.39 is 5.51 Å². The van der Waals surface area contributed by atoms with E-state index in [0.29, 0.717) is 19.5 Å². The molecule has 3 N–H and O–H groups in total. The van der Waals surface area contributed by atoms with Gasteiger partial charge in [0.25, 0.3) is 0 Å². The van der Waals surface area contributed by atoms with Crippen LogP contribution >= 0.6 is 11.8 Å². The van der Waals surface area contributed by atoms with Gasteiger partial charge in [-0.25, -0.2) is 0 Å². The fraction of sp³-hybridized carbons (Fsp3) is 0.889. The summed E-state index contributed by atoms with van der Waals surface area (Å²) in [6.45, 7) is 4.58. The van der Waals surface area contributed by atoms with E-state index in [1.165, 1.54) is 0 Å². The smallest absolute Gasteiger partial charge is 0.409 e. The third-order valence-corrected chi connectivity index (χ3v) is 2.87. The maximum absolute atomic E-state index is 11.9. The van der Waals surface area contributed by atoms with Crippen molar-refractivity contribution in [3.8, 4) is 0 Å². The van der Waals surface area contributed by atoms with Crippen molar-refractivity contribution in [2.75, 3.05) is 18.8 Å². The highest BCUT2D eigenvalue weighted by Gasteiger charge is 2.28. The fourth-order valence-electron chi connectivity index (χ4n) is 1.21. The number of hydrogen-bond acceptors (Lipinski definition) is 4. The molecule has 17 heavy (non-hydrogen) atoms. The standard InChI is InChI=1S/C9H18F3N3OS/c1-7(2)15(4-3-8(13)14-16)5-6-17-9(10,11)12/h7,16H,3-6H2,1-2H3,(H2,13,14). The van der Waals surface area contributed by atoms with E-state index in [9.17, 15) is 13.2 Å². The Morgan fingerprint density at radius 1 is 1.41 bits per heavy atom. The van der Waals surface area contributed by atoms with Gasteiger partial charge in [0.1, 0.15) is 5.84 Å². The largest absolute Gasteiger partial charge is 0.441 e. The van der Waals surface area contributed by atoms with Crippen LogP contribution < -0.4 is 5.73 Å². The molecule has 0 rings (SSSR count). The van der Waals surface area contributed by atoms with Crippen molar-refractivity contribution in [1.29, 1.82) is 0 Å². The first-order chi connectivity index (χ1) is 7.76. The topological polar surface area (TPSA) is 61.8 Å². The van der Waals surface area contributed by atoms with E-state index in [1.807, 2.05) is 18.7 Å². The molecule has 0 amide bonds. The van der Waals surface area contributed by atoms with Crippen LogP contribution in [0.1, 0.15) is 20.3 Å². The molecule has 0 saturated heterocycles. The van der Waals surface area contributed by atoms with Crippen LogP contribution in [0.4, 0.5) is 13.2 Å². The predicted molar refractivity (Wildman–Crippen MR) is 63.2 cm³/mol. The molecule has 0 atom stereocenters. The quantitative estimate of drug-likeness (QED) is 0.323. The van der Waals surface area contributed by atoms with Gasteiger partial charge in [0.15, 0.2) is 0 Å². The van der Waals surface area contributed by atoms with Gasteiger partial charge in [-0.3, -0.25) is 4.90 Å². The molecular weight excluding hydrogens is 255 g/mol. The van der Waals surface area contributed by atoms with Gasteiger partial charge in [0.05, 0.1) is 0 Å². The molecule has 0 unspecified atom stereocenters. The molecule has 0 heterocycles. The van der Waals surface area contributed by atoms with Crippen molar-refractivity contribution < 1.29 is 18.4 Å². The molecule has 102 valence electrons. The Hall–Kier alpha value is -0.630. The van der Waals surface area contributed by atoms with Crippen molar-refractivity contribution in [3.63, 3.8) is 0 Å². The van der Waals surface area contributed by atoms with Gasteiger partial charge >= 0.3 is 5.51 Å². The lowest BCUT2D eigenvalue weighted by atomic mass is 10.3. The van der Waals surface area contributed by atoms with Gasteiger partial charge in [-0.1, -0.05) is 5.16 Å². The zero-order valence-corrected chi connectivity index (χ0v) is 10.7. The number of thioether (sulfide) groups is 1. The molecule has 0 bridgehead atoms. The second-order valence-electron chi connectivity index (χ2n) is 3.77. The summed E-state index contributed by atoms with van der Waals surface area (Å²) in [4.78, 5) is 1.86. The minimum Gasteiger partial charge on any atom is -0.409 e. The molecule has 4 nitrogen and oxygen atoms in total. The summed E-state index contributed by atoms with van der Waals surface area (Å²) in [5, 5.41) is 11.2. The molecule has 0 aromatic rings. The number of nitrogens with zero attached hydrogens (tertiary/aromatic N) is 2. The molecule has 0 aromatic heterocycles. The van der Waals surface area contributed by atoms with Gasteiger partial charge in [0.2, 0.25) is 0 Å². The third kappa shape index (κ3) is 9.11. The lowest BCUT2D eigenvalue weighted by Crippen LogP contribution is -2.36. The fourth-order valence-corrected chi connectivity index (χ4v) is 1.77. The molecule has 0 aromatic carbocycles. The van der Waals surface area contributed by atoms with Gasteiger partial charge < -0.3 is 10.9 Å². The monoisotopic (exact) mass is 273 g/mol. The summed E-state index contributed by atoms with van der Waals surface area (Å²) in [6, 6.07) is 0.121. The van der Waals surface area contributed by atoms with Gasteiger partial charge in [-0.15, -0.1) is 0 Å². The minimum absolute atomic E-state index is 0.0160. The molecule has 8 heteroatoms. The summed E-state index contributed by atoms with van der Waals surface area (Å²) in [5.74, 6) is 0.0665. The zero-order valence-electron chi connectivity index (χ0n) is 9.87. The molecule has 0 aliphatic heterocycles. The molecule has 0 saturated carbocycles. The summed E-state index contributed by atoms with van der Waals surface area (Å²) in [7, 11) is 0. The van der Waals surface area contributed by atoms with Crippen LogP contribution in [0.5, 0.6) is 0 Å². The molecule has 0 fully saturated rings. The maximum atomic E-state index is 11.9. The SMILES string of the molecule is CC(C)N(CCSC(F)(F)F)CCC(N)=NO. The first kappa shape index (κ1) is 16.4. The first-order valence-electron chi connectivity index (χ1n) is 5.17. The molecule has 0 radical (unpaired) electrons. The first-order valence-corrected chi connectivity index (χ1v) is 6.16. The summed E-state index contributed by atoms with van der Waals surface area (Å²) in [6.07, 6.45) is 0.339. The van der Waals surface area contributed by atoms with Crippen LogP contribution in [0.3, 0.4) is 0 Å². The number of amidine groups is 1. The van der Waals surface area contributed by atoms with Gasteiger partial charge in [-0.2, -0.15) is 13.2 Å². The van der Waals surface area contributed by atoms with Gasteiger partial charge in [-0.05, 0) is 25.6 Å². The highest BCUT2D eigenvalue weighted by atomic mass is 32.2. The van der Waals surface area contributed by atoms with Crippen molar-refractivity contribution in [3.05, 3.63) is 0 Å². The molecule has 0 aliphatic carbocycles. The molecular formula is C9H18F3N3OS. The van der Waals surface area contributed by atoms with E-state index in [-0.39, 0.29) is 29.4 Å². The minimum atomic E-state index is -4.19. The highest BCUT2D eigenvalue weighted by molar-refractivity contribution is 8.00. The Bertz CT molecular complexity index is 246. The lowest BCUT2D eigenvalue weighted by molar-refractivity contribution is -0.0329. The number of nitrogens with two attached hydrogens (primary N) is 1. The van der Waals surface area contributed by atoms with Crippen molar-refractivity contribution in [2.24, 2.45) is 10.9 Å². The average molecular weight is 273 g/mol. The summed E-state index contributed by atoms with van der Waals surface area (Å²) >= 11 is -0.0332. The van der Waals surface area contributed by atoms with Gasteiger partial charge in [0, 0.05) is 31.3 Å². The van der Waals surface area contributed by atoms with E-state index in [1.54, 1.807) is 0 Å². The van der Waals surface area contributed by atoms with E-state index >= 15 is 0 Å². The number of alkyl halides is 3. The van der Waals surface area contributed by atoms with Crippen molar-refractivity contribution in [2.45, 2.75) is 31.8 Å². The lowest BCUT2D eigenvalue weighted by Gasteiger charge is -2.26. The van der Waals surface area contributed by atoms with Crippen molar-refractivity contribution >= 4 is 17.6 Å². The number of oxime groups is 1. The van der Waals surface area contributed by atoms with E-state index in [0.717, 1.165) is 0 Å². The number of hydrogen-bond donors (Lipinski definition) is 2. The zero-order chi connectivity index (χ0) is 13.5. The summed E-state index contributed by atoms with van der Waals surface area (Å²) < 4.78 is 35.8. The number of halogens is 3. The average Bonchev–Trinajstić information content (AvgIpc) is 2.20. The summed E-state index contributed by atoms with van der Waals surface area (Å²) in [5.41, 5.74) is 1.12. The predicted octanol–water partition coefficient (Wildman–Crippen LogP) is 2.09. The second-order valence-corrected chi connectivity index (χ2v) is 4.93.